The summed E-state index contributed by atoms with van der Waals surface area (Å²) in [5.74, 6) is -0.664. The highest BCUT2D eigenvalue weighted by molar-refractivity contribution is 6.74. The van der Waals surface area contributed by atoms with E-state index in [1.165, 1.54) is 4.90 Å². The van der Waals surface area contributed by atoms with Crippen LogP contribution in [0.3, 0.4) is 0 Å². The fourth-order valence-electron chi connectivity index (χ4n) is 3.01. The number of hydrogen-bond acceptors (Lipinski definition) is 6. The Morgan fingerprint density at radius 2 is 1.88 bits per heavy atom. The van der Waals surface area contributed by atoms with Crippen LogP contribution in [-0.2, 0) is 14.0 Å². The van der Waals surface area contributed by atoms with Gasteiger partial charge in [0.15, 0.2) is 8.32 Å². The lowest BCUT2D eigenvalue weighted by Gasteiger charge is -2.42. The van der Waals surface area contributed by atoms with E-state index in [1.807, 2.05) is 0 Å². The molecule has 3 N–H and O–H groups in total. The van der Waals surface area contributed by atoms with Crippen molar-refractivity contribution in [1.29, 1.82) is 0 Å². The van der Waals surface area contributed by atoms with Gasteiger partial charge in [-0.25, -0.2) is 4.79 Å². The zero-order chi connectivity index (χ0) is 19.9. The molecule has 1 unspecified atom stereocenters. The first-order valence-electron chi connectivity index (χ1n) is 9.05. The summed E-state index contributed by atoms with van der Waals surface area (Å²) < 4.78 is 12.4. The van der Waals surface area contributed by atoms with Gasteiger partial charge in [-0.15, -0.1) is 0 Å². The van der Waals surface area contributed by atoms with E-state index in [-0.39, 0.29) is 23.4 Å². The summed E-state index contributed by atoms with van der Waals surface area (Å²) in [5, 5.41) is 22.1. The third kappa shape index (κ3) is 3.82. The predicted molar refractivity (Wildman–Crippen MR) is 97.9 cm³/mol. The summed E-state index contributed by atoms with van der Waals surface area (Å²) in [6, 6.07) is -0.518. The first-order chi connectivity index (χ1) is 11.9. The first-order valence-corrected chi connectivity index (χ1v) is 12.0. The number of nitrogens with one attached hydrogen (secondary N) is 1. The highest BCUT2D eigenvalue weighted by Gasteiger charge is 2.55. The molecule has 2 saturated heterocycles. The lowest BCUT2D eigenvalue weighted by Crippen LogP contribution is -2.57. The van der Waals surface area contributed by atoms with Gasteiger partial charge in [-0.1, -0.05) is 27.7 Å². The van der Waals surface area contributed by atoms with Crippen LogP contribution in [-0.4, -0.2) is 73.1 Å². The van der Waals surface area contributed by atoms with Crippen LogP contribution >= 0.6 is 0 Å². The SMILES string of the molecule is CC1CN([C@H]2C[C@H](O[Si](C)(C)C(C)(C)C)C(CO)(CO)O2)C(=O)NC1=O. The van der Waals surface area contributed by atoms with Crippen LogP contribution in [0.4, 0.5) is 4.79 Å². The predicted octanol–water partition coefficient (Wildman–Crippen LogP) is 1.03. The normalized spacial score (nSPS) is 29.8. The fourth-order valence-corrected chi connectivity index (χ4v) is 4.39. The molecule has 0 spiro atoms. The zero-order valence-electron chi connectivity index (χ0n) is 16.5. The monoisotopic (exact) mass is 388 g/mol. The number of carbonyl (C=O) groups excluding carboxylic acids is 2. The minimum Gasteiger partial charge on any atom is -0.411 e. The van der Waals surface area contributed by atoms with Crippen molar-refractivity contribution < 1.29 is 29.0 Å². The number of rotatable bonds is 5. The van der Waals surface area contributed by atoms with Crippen molar-refractivity contribution in [2.75, 3.05) is 19.8 Å². The zero-order valence-corrected chi connectivity index (χ0v) is 17.5. The smallest absolute Gasteiger partial charge is 0.326 e. The van der Waals surface area contributed by atoms with E-state index in [4.69, 9.17) is 9.16 Å². The lowest BCUT2D eigenvalue weighted by molar-refractivity contribution is -0.159. The summed E-state index contributed by atoms with van der Waals surface area (Å²) in [6.45, 7) is 11.6. The number of amides is 3. The molecule has 3 amide bonds. The first kappa shape index (κ1) is 21.3. The lowest BCUT2D eigenvalue weighted by atomic mass is 9.99. The molecule has 0 aromatic carbocycles. The molecule has 0 aromatic heterocycles. The largest absolute Gasteiger partial charge is 0.411 e. The van der Waals surface area contributed by atoms with E-state index in [9.17, 15) is 19.8 Å². The summed E-state index contributed by atoms with van der Waals surface area (Å²) >= 11 is 0. The molecule has 0 aromatic rings. The molecule has 3 atom stereocenters. The molecule has 2 rings (SSSR count). The molecule has 0 saturated carbocycles. The van der Waals surface area contributed by atoms with Crippen LogP contribution < -0.4 is 5.32 Å². The van der Waals surface area contributed by atoms with Gasteiger partial charge in [-0.3, -0.25) is 15.0 Å². The highest BCUT2D eigenvalue weighted by Crippen LogP contribution is 2.43. The third-order valence-corrected chi connectivity index (χ3v) is 10.4. The van der Waals surface area contributed by atoms with Crippen molar-refractivity contribution in [2.45, 2.75) is 70.2 Å². The van der Waals surface area contributed by atoms with Crippen molar-refractivity contribution in [3.05, 3.63) is 0 Å². The maximum absolute atomic E-state index is 12.2. The van der Waals surface area contributed by atoms with Crippen LogP contribution in [0, 0.1) is 5.92 Å². The summed E-state index contributed by atoms with van der Waals surface area (Å²) in [5.41, 5.74) is -1.27. The van der Waals surface area contributed by atoms with Gasteiger partial charge in [0.2, 0.25) is 5.91 Å². The van der Waals surface area contributed by atoms with Crippen molar-refractivity contribution in [3.63, 3.8) is 0 Å². The molecule has 2 aliphatic heterocycles. The Kier molecular flexibility index (Phi) is 5.89. The van der Waals surface area contributed by atoms with Gasteiger partial charge in [0.1, 0.15) is 11.8 Å². The number of aliphatic hydroxyl groups is 2. The molecule has 150 valence electrons. The second-order valence-corrected chi connectivity index (χ2v) is 13.7. The average molecular weight is 389 g/mol. The minimum atomic E-state index is -2.19. The molecule has 9 heteroatoms. The number of hydrogen-bond donors (Lipinski definition) is 3. The second-order valence-electron chi connectivity index (χ2n) is 8.90. The Morgan fingerprint density at radius 3 is 2.38 bits per heavy atom. The molecule has 0 radical (unpaired) electrons. The summed E-state index contributed by atoms with van der Waals surface area (Å²) in [7, 11) is -2.19. The van der Waals surface area contributed by atoms with Gasteiger partial charge in [-0.05, 0) is 18.1 Å². The number of ether oxygens (including phenoxy) is 1. The molecule has 2 fully saturated rings. The number of aliphatic hydroxyl groups excluding tert-OH is 2. The second kappa shape index (κ2) is 7.20. The number of imide groups is 1. The van der Waals surface area contributed by atoms with Gasteiger partial charge in [0.05, 0.1) is 25.2 Å². The molecule has 0 bridgehead atoms. The van der Waals surface area contributed by atoms with E-state index in [1.54, 1.807) is 6.92 Å². The van der Waals surface area contributed by atoms with Crippen LogP contribution in [0.1, 0.15) is 34.1 Å². The van der Waals surface area contributed by atoms with E-state index >= 15 is 0 Å². The van der Waals surface area contributed by atoms with Crippen molar-refractivity contribution in [3.8, 4) is 0 Å². The Hall–Kier alpha value is -1.00. The molecule has 0 aliphatic carbocycles. The topological polar surface area (TPSA) is 108 Å². The Morgan fingerprint density at radius 1 is 1.31 bits per heavy atom. The van der Waals surface area contributed by atoms with Crippen molar-refractivity contribution in [2.24, 2.45) is 5.92 Å². The maximum Gasteiger partial charge on any atom is 0.326 e. The molecule has 26 heavy (non-hydrogen) atoms. The Balaban J connectivity index is 2.24. The fraction of sp³-hybridized carbons (Fsp3) is 0.882. The van der Waals surface area contributed by atoms with E-state index in [2.05, 4.69) is 39.2 Å². The summed E-state index contributed by atoms with van der Waals surface area (Å²) in [4.78, 5) is 25.3. The Bertz CT molecular complexity index is 558. The van der Waals surface area contributed by atoms with Crippen LogP contribution in [0.2, 0.25) is 18.1 Å². The highest BCUT2D eigenvalue weighted by atomic mass is 28.4. The number of urea groups is 1. The van der Waals surface area contributed by atoms with Crippen LogP contribution in [0.15, 0.2) is 0 Å². The minimum absolute atomic E-state index is 0.0504. The maximum atomic E-state index is 12.2. The van der Waals surface area contributed by atoms with Gasteiger partial charge in [0.25, 0.3) is 0 Å². The van der Waals surface area contributed by atoms with E-state index in [0.29, 0.717) is 6.42 Å². The quantitative estimate of drug-likeness (QED) is 0.607. The van der Waals surface area contributed by atoms with Gasteiger partial charge in [-0.2, -0.15) is 0 Å². The Labute approximate surface area is 156 Å². The van der Waals surface area contributed by atoms with E-state index < -0.39 is 45.5 Å². The van der Waals surface area contributed by atoms with Crippen molar-refractivity contribution in [1.82, 2.24) is 10.2 Å². The van der Waals surface area contributed by atoms with Crippen LogP contribution in [0.25, 0.3) is 0 Å². The number of nitrogens with zero attached hydrogens (tertiary/aromatic N) is 1. The molecule has 2 heterocycles. The van der Waals surface area contributed by atoms with E-state index in [0.717, 1.165) is 0 Å². The molecular weight excluding hydrogens is 356 g/mol. The number of carbonyl (C=O) groups is 2. The molecule has 8 nitrogen and oxygen atoms in total. The average Bonchev–Trinajstić information content (AvgIpc) is 2.88. The molecular formula is C17H32N2O6Si. The summed E-state index contributed by atoms with van der Waals surface area (Å²) in [6.07, 6.45) is -0.870. The van der Waals surface area contributed by atoms with Crippen molar-refractivity contribution >= 4 is 20.3 Å². The van der Waals surface area contributed by atoms with Gasteiger partial charge < -0.3 is 19.4 Å². The third-order valence-electron chi connectivity index (χ3n) is 5.91. The van der Waals surface area contributed by atoms with Crippen LogP contribution in [0.5, 0.6) is 0 Å². The standard InChI is InChI=1S/C17H32N2O6Si/c1-11-8-19(15(23)18-14(11)22)13-7-12(17(9-20,10-21)24-13)25-26(5,6)16(2,3)4/h11-13,20-21H,7-10H2,1-6H3,(H,18,22,23)/t11?,12-,13+/m0/s1. The molecule has 2 aliphatic rings. The van der Waals surface area contributed by atoms with Gasteiger partial charge >= 0.3 is 6.03 Å². The van der Waals surface area contributed by atoms with Gasteiger partial charge in [0, 0.05) is 13.0 Å².